The highest BCUT2D eigenvalue weighted by atomic mass is 15.0. The van der Waals surface area contributed by atoms with Gasteiger partial charge in [-0.2, -0.15) is 5.26 Å². The summed E-state index contributed by atoms with van der Waals surface area (Å²) in [4.78, 5) is 8.93. The first-order valence-corrected chi connectivity index (χ1v) is 7.58. The van der Waals surface area contributed by atoms with Gasteiger partial charge in [-0.15, -0.1) is 0 Å². The lowest BCUT2D eigenvalue weighted by atomic mass is 10.0. The number of hydrogen-bond acceptors (Lipinski definition) is 5. The third-order valence-corrected chi connectivity index (χ3v) is 3.79. The Morgan fingerprint density at radius 3 is 2.78 bits per heavy atom. The van der Waals surface area contributed by atoms with Crippen LogP contribution in [0.1, 0.15) is 25.8 Å². The van der Waals surface area contributed by atoms with Gasteiger partial charge in [0.1, 0.15) is 5.82 Å². The normalized spacial score (nSPS) is 11.6. The number of rotatable bonds is 4. The van der Waals surface area contributed by atoms with Crippen LogP contribution in [-0.4, -0.2) is 22.1 Å². The summed E-state index contributed by atoms with van der Waals surface area (Å²) >= 11 is 0. The Morgan fingerprint density at radius 2 is 2.04 bits per heavy atom. The fraction of sp³-hybridized carbons (Fsp3) is 0.278. The lowest BCUT2D eigenvalue weighted by molar-refractivity contribution is 0.490. The van der Waals surface area contributed by atoms with Crippen LogP contribution in [0.3, 0.4) is 0 Å². The number of hydrogen-bond donors (Lipinski definition) is 2. The SMILES string of the molecule is CC(C)(N)CCNc1nc2cc(C#N)ccc2c2cnccc12. The molecule has 0 unspecified atom stereocenters. The lowest BCUT2D eigenvalue weighted by Gasteiger charge is -2.19. The number of nitrogens with two attached hydrogens (primary N) is 1. The van der Waals surface area contributed by atoms with Crippen molar-refractivity contribution in [2.45, 2.75) is 25.8 Å². The summed E-state index contributed by atoms with van der Waals surface area (Å²) in [6.45, 7) is 4.74. The minimum absolute atomic E-state index is 0.227. The molecule has 3 rings (SSSR count). The van der Waals surface area contributed by atoms with Gasteiger partial charge in [-0.25, -0.2) is 4.98 Å². The zero-order valence-electron chi connectivity index (χ0n) is 13.3. The molecule has 0 saturated heterocycles. The molecule has 0 atom stereocenters. The van der Waals surface area contributed by atoms with Crippen LogP contribution in [0.4, 0.5) is 5.82 Å². The van der Waals surface area contributed by atoms with Crippen molar-refractivity contribution in [3.05, 3.63) is 42.2 Å². The van der Waals surface area contributed by atoms with Gasteiger partial charge in [-0.3, -0.25) is 4.98 Å². The molecular formula is C18H19N5. The number of nitrogens with zero attached hydrogens (tertiary/aromatic N) is 3. The van der Waals surface area contributed by atoms with Gasteiger partial charge in [-0.05, 0) is 38.5 Å². The third-order valence-electron chi connectivity index (χ3n) is 3.79. The number of pyridine rings is 2. The number of nitriles is 1. The Labute approximate surface area is 135 Å². The number of nitrogens with one attached hydrogen (secondary N) is 1. The van der Waals surface area contributed by atoms with Crippen LogP contribution < -0.4 is 11.1 Å². The van der Waals surface area contributed by atoms with E-state index in [-0.39, 0.29) is 5.54 Å². The van der Waals surface area contributed by atoms with E-state index in [2.05, 4.69) is 16.4 Å². The van der Waals surface area contributed by atoms with E-state index in [9.17, 15) is 0 Å². The maximum atomic E-state index is 9.09. The van der Waals surface area contributed by atoms with Crippen molar-refractivity contribution in [2.24, 2.45) is 5.73 Å². The van der Waals surface area contributed by atoms with Crippen molar-refractivity contribution >= 4 is 27.5 Å². The first kappa shape index (κ1) is 15.2. The number of benzene rings is 1. The molecule has 0 radical (unpaired) electrons. The molecule has 0 amide bonds. The fourth-order valence-electron chi connectivity index (χ4n) is 2.56. The predicted octanol–water partition coefficient (Wildman–Crippen LogP) is 3.19. The van der Waals surface area contributed by atoms with Crippen molar-refractivity contribution in [1.29, 1.82) is 5.26 Å². The molecule has 0 aliphatic heterocycles. The summed E-state index contributed by atoms with van der Waals surface area (Å²) in [5, 5.41) is 15.5. The van der Waals surface area contributed by atoms with Gasteiger partial charge < -0.3 is 11.1 Å². The summed E-state index contributed by atoms with van der Waals surface area (Å²) in [7, 11) is 0. The zero-order valence-corrected chi connectivity index (χ0v) is 13.3. The molecule has 3 aromatic rings. The predicted molar refractivity (Wildman–Crippen MR) is 93.1 cm³/mol. The summed E-state index contributed by atoms with van der Waals surface area (Å²) in [6, 6.07) is 9.65. The molecule has 0 aliphatic rings. The van der Waals surface area contributed by atoms with E-state index in [1.54, 1.807) is 18.3 Å². The smallest absolute Gasteiger partial charge is 0.134 e. The van der Waals surface area contributed by atoms with Gasteiger partial charge in [0, 0.05) is 40.6 Å². The zero-order chi connectivity index (χ0) is 16.4. The third kappa shape index (κ3) is 3.22. The van der Waals surface area contributed by atoms with Gasteiger partial charge in [0.05, 0.1) is 17.1 Å². The second-order valence-corrected chi connectivity index (χ2v) is 6.39. The average Bonchev–Trinajstić information content (AvgIpc) is 2.53. The molecule has 2 heterocycles. The maximum Gasteiger partial charge on any atom is 0.134 e. The Balaban J connectivity index is 2.09. The van der Waals surface area contributed by atoms with E-state index in [0.29, 0.717) is 5.56 Å². The van der Waals surface area contributed by atoms with E-state index >= 15 is 0 Å². The first-order chi connectivity index (χ1) is 11.0. The summed E-state index contributed by atoms with van der Waals surface area (Å²) in [6.07, 6.45) is 4.43. The number of fused-ring (bicyclic) bond motifs is 3. The van der Waals surface area contributed by atoms with E-state index in [0.717, 1.165) is 40.5 Å². The van der Waals surface area contributed by atoms with Crippen LogP contribution in [0.2, 0.25) is 0 Å². The Morgan fingerprint density at radius 1 is 1.22 bits per heavy atom. The van der Waals surface area contributed by atoms with Crippen LogP contribution in [0.15, 0.2) is 36.7 Å². The Bertz CT molecular complexity index is 903. The average molecular weight is 305 g/mol. The largest absolute Gasteiger partial charge is 0.369 e. The molecule has 116 valence electrons. The number of aromatic nitrogens is 2. The Kier molecular flexibility index (Phi) is 3.85. The van der Waals surface area contributed by atoms with E-state index in [4.69, 9.17) is 16.0 Å². The van der Waals surface area contributed by atoms with Crippen LogP contribution in [0, 0.1) is 11.3 Å². The van der Waals surface area contributed by atoms with Crippen LogP contribution >= 0.6 is 0 Å². The van der Waals surface area contributed by atoms with E-state index in [1.165, 1.54) is 0 Å². The molecule has 0 bridgehead atoms. The lowest BCUT2D eigenvalue weighted by Crippen LogP contribution is -2.34. The summed E-state index contributed by atoms with van der Waals surface area (Å²) in [5.74, 6) is 0.800. The Hall–Kier alpha value is -2.71. The maximum absolute atomic E-state index is 9.09. The van der Waals surface area contributed by atoms with Gasteiger partial charge >= 0.3 is 0 Å². The minimum atomic E-state index is -0.227. The number of anilines is 1. The highest BCUT2D eigenvalue weighted by molar-refractivity contribution is 6.09. The minimum Gasteiger partial charge on any atom is -0.369 e. The van der Waals surface area contributed by atoms with Crippen molar-refractivity contribution in [3.63, 3.8) is 0 Å². The van der Waals surface area contributed by atoms with Crippen LogP contribution in [0.25, 0.3) is 21.7 Å². The van der Waals surface area contributed by atoms with E-state index in [1.807, 2.05) is 32.2 Å². The van der Waals surface area contributed by atoms with Crippen molar-refractivity contribution < 1.29 is 0 Å². The van der Waals surface area contributed by atoms with Gasteiger partial charge in [0.15, 0.2) is 0 Å². The van der Waals surface area contributed by atoms with Gasteiger partial charge in [-0.1, -0.05) is 6.07 Å². The second kappa shape index (κ2) is 5.82. The molecular weight excluding hydrogens is 286 g/mol. The first-order valence-electron chi connectivity index (χ1n) is 7.58. The molecule has 3 N–H and O–H groups in total. The topological polar surface area (TPSA) is 87.6 Å². The van der Waals surface area contributed by atoms with Gasteiger partial charge in [0.25, 0.3) is 0 Å². The molecule has 2 aromatic heterocycles. The van der Waals surface area contributed by atoms with Crippen molar-refractivity contribution in [1.82, 2.24) is 9.97 Å². The molecule has 1 aromatic carbocycles. The van der Waals surface area contributed by atoms with Crippen molar-refractivity contribution in [3.8, 4) is 6.07 Å². The quantitative estimate of drug-likeness (QED) is 0.723. The van der Waals surface area contributed by atoms with Gasteiger partial charge in [0.2, 0.25) is 0 Å². The summed E-state index contributed by atoms with van der Waals surface area (Å²) in [5.41, 5.74) is 7.20. The van der Waals surface area contributed by atoms with Crippen molar-refractivity contribution in [2.75, 3.05) is 11.9 Å². The molecule has 0 saturated carbocycles. The molecule has 0 spiro atoms. The van der Waals surface area contributed by atoms with Crippen LogP contribution in [0.5, 0.6) is 0 Å². The van der Waals surface area contributed by atoms with Crippen LogP contribution in [-0.2, 0) is 0 Å². The molecule has 0 aliphatic carbocycles. The molecule has 0 fully saturated rings. The monoisotopic (exact) mass is 305 g/mol. The standard InChI is InChI=1S/C18H19N5/c1-18(2,20)6-8-22-17-14-5-7-21-11-15(14)13-4-3-12(10-19)9-16(13)23-17/h3-5,7,9,11H,6,8,20H2,1-2H3,(H,22,23). The highest BCUT2D eigenvalue weighted by Gasteiger charge is 2.12. The molecule has 5 heteroatoms. The van der Waals surface area contributed by atoms with E-state index < -0.39 is 0 Å². The fourth-order valence-corrected chi connectivity index (χ4v) is 2.56. The molecule has 23 heavy (non-hydrogen) atoms. The molecule has 5 nitrogen and oxygen atoms in total. The second-order valence-electron chi connectivity index (χ2n) is 6.39. The highest BCUT2D eigenvalue weighted by Crippen LogP contribution is 2.29. The summed E-state index contributed by atoms with van der Waals surface area (Å²) < 4.78 is 0.